The average molecular weight is 604 g/mol. The summed E-state index contributed by atoms with van der Waals surface area (Å²) in [5.74, 6) is -1.64. The van der Waals surface area contributed by atoms with Crippen LogP contribution in [0.3, 0.4) is 0 Å². The van der Waals surface area contributed by atoms with Gasteiger partial charge in [-0.1, -0.05) is 11.6 Å². The molecule has 3 fully saturated rings. The fraction of sp³-hybridized carbons (Fsp3) is 0.600. The zero-order valence-corrected chi connectivity index (χ0v) is 25.4. The van der Waals surface area contributed by atoms with Crippen molar-refractivity contribution in [2.45, 2.75) is 93.6 Å². The molecule has 0 bridgehead atoms. The van der Waals surface area contributed by atoms with Crippen molar-refractivity contribution in [3.63, 3.8) is 0 Å². The van der Waals surface area contributed by atoms with E-state index in [1.165, 1.54) is 17.3 Å². The van der Waals surface area contributed by atoms with Crippen LogP contribution in [-0.4, -0.2) is 77.8 Å². The minimum absolute atomic E-state index is 0.0320. The largest absolute Gasteiger partial charge is 0.481 e. The van der Waals surface area contributed by atoms with Crippen LogP contribution in [0.2, 0.25) is 0 Å². The minimum Gasteiger partial charge on any atom is -0.481 e. The van der Waals surface area contributed by atoms with E-state index in [1.807, 2.05) is 0 Å². The third-order valence-electron chi connectivity index (χ3n) is 8.17. The van der Waals surface area contributed by atoms with Gasteiger partial charge >= 0.3 is 12.0 Å². The van der Waals surface area contributed by atoms with Gasteiger partial charge in [-0.3, -0.25) is 19.7 Å². The predicted octanol–water partition coefficient (Wildman–Crippen LogP) is 3.87. The van der Waals surface area contributed by atoms with Crippen molar-refractivity contribution >= 4 is 41.3 Å². The smallest absolute Gasteiger partial charge is 0.321 e. The van der Waals surface area contributed by atoms with E-state index in [1.54, 1.807) is 31.4 Å². The standard InChI is InChI=1S/C30H41N3O8S/c1-18(2)8-13-22-29(3,41-22)27-26(39-4)21(14-15-30(27)17-40-30)32-28(38)33-24(35)16-42-20-11-9-19(10-12-20)31-23(34)6-5-7-25(36)37/h8-12,21-22,26-27H,5-7,13-17H2,1-4H3,(H,31,34)(H,36,37)(H2,32,33,35,38)/t21-,22-,26-,27-,29?,30+/m1/s1. The van der Waals surface area contributed by atoms with Crippen LogP contribution in [0.4, 0.5) is 10.5 Å². The van der Waals surface area contributed by atoms with Crippen molar-refractivity contribution in [3.8, 4) is 0 Å². The summed E-state index contributed by atoms with van der Waals surface area (Å²) in [4.78, 5) is 48.6. The number of carboxylic acids is 1. The van der Waals surface area contributed by atoms with Crippen LogP contribution in [0.5, 0.6) is 0 Å². The van der Waals surface area contributed by atoms with Gasteiger partial charge in [0.1, 0.15) is 5.60 Å². The molecule has 4 N–H and O–H groups in total. The van der Waals surface area contributed by atoms with Crippen LogP contribution >= 0.6 is 11.8 Å². The molecule has 2 aliphatic heterocycles. The van der Waals surface area contributed by atoms with Crippen molar-refractivity contribution in [2.24, 2.45) is 5.92 Å². The number of carbonyl (C=O) groups excluding carboxylic acids is 3. The summed E-state index contributed by atoms with van der Waals surface area (Å²) in [6.45, 7) is 6.88. The Labute approximate surface area is 250 Å². The maximum Gasteiger partial charge on any atom is 0.321 e. The summed E-state index contributed by atoms with van der Waals surface area (Å²) < 4.78 is 18.1. The van der Waals surface area contributed by atoms with Gasteiger partial charge in [0.25, 0.3) is 0 Å². The maximum absolute atomic E-state index is 12.8. The molecule has 6 atom stereocenters. The molecule has 1 spiro atoms. The van der Waals surface area contributed by atoms with Gasteiger partial charge in [-0.15, -0.1) is 11.8 Å². The second kappa shape index (κ2) is 13.6. The SMILES string of the molecule is CO[C@H]1[C@H](C2(C)O[C@@H]2CC=C(C)C)[C@]2(CC[C@H]1NC(=O)NC(=O)CSc1ccc(NC(=O)CCCC(=O)O)cc1)CO2. The highest BCUT2D eigenvalue weighted by atomic mass is 32.2. The Kier molecular flexibility index (Phi) is 10.3. The number of ether oxygens (including phenoxy) is 3. The number of methoxy groups -OCH3 is 1. The first-order valence-corrected chi connectivity index (χ1v) is 15.3. The highest BCUT2D eigenvalue weighted by molar-refractivity contribution is 8.00. The third-order valence-corrected chi connectivity index (χ3v) is 9.18. The number of nitrogens with one attached hydrogen (secondary N) is 3. The Balaban J connectivity index is 1.24. The molecule has 12 heteroatoms. The summed E-state index contributed by atoms with van der Waals surface area (Å²) in [6, 6.07) is 6.07. The van der Waals surface area contributed by atoms with E-state index in [2.05, 4.69) is 42.8 Å². The van der Waals surface area contributed by atoms with E-state index < -0.39 is 23.5 Å². The molecule has 0 radical (unpaired) electrons. The van der Waals surface area contributed by atoms with Crippen LogP contribution in [0, 0.1) is 5.92 Å². The predicted molar refractivity (Wildman–Crippen MR) is 157 cm³/mol. The zero-order chi connectivity index (χ0) is 30.5. The molecule has 4 rings (SSSR count). The minimum atomic E-state index is -0.934. The van der Waals surface area contributed by atoms with Crippen molar-refractivity contribution in [1.29, 1.82) is 0 Å². The number of rotatable bonds is 13. The van der Waals surface area contributed by atoms with E-state index in [0.29, 0.717) is 18.7 Å². The quantitative estimate of drug-likeness (QED) is 0.149. The average Bonchev–Trinajstić information content (AvgIpc) is 3.84. The van der Waals surface area contributed by atoms with Crippen molar-refractivity contribution in [1.82, 2.24) is 10.6 Å². The van der Waals surface area contributed by atoms with E-state index in [4.69, 9.17) is 19.3 Å². The van der Waals surface area contributed by atoms with Crippen LogP contribution in [0.25, 0.3) is 0 Å². The molecule has 3 aliphatic rings. The molecule has 2 saturated heterocycles. The monoisotopic (exact) mass is 603 g/mol. The number of urea groups is 1. The number of imide groups is 1. The number of carbonyl (C=O) groups is 4. The van der Waals surface area contributed by atoms with Gasteiger partial charge in [-0.05, 0) is 70.7 Å². The summed E-state index contributed by atoms with van der Waals surface area (Å²) >= 11 is 1.26. The molecule has 1 aromatic carbocycles. The first-order valence-electron chi connectivity index (χ1n) is 14.3. The second-order valence-electron chi connectivity index (χ2n) is 11.6. The molecular formula is C30H41N3O8S. The topological polar surface area (TPSA) is 159 Å². The molecule has 2 heterocycles. The molecule has 42 heavy (non-hydrogen) atoms. The Morgan fingerprint density at radius 3 is 2.48 bits per heavy atom. The molecule has 230 valence electrons. The number of benzene rings is 1. The van der Waals surface area contributed by atoms with Crippen molar-refractivity contribution in [3.05, 3.63) is 35.9 Å². The van der Waals surface area contributed by atoms with E-state index in [-0.39, 0.29) is 60.7 Å². The number of hydrogen-bond acceptors (Lipinski definition) is 8. The first-order chi connectivity index (χ1) is 20.0. The first kappa shape index (κ1) is 32.0. The molecule has 4 amide bonds. The summed E-state index contributed by atoms with van der Waals surface area (Å²) in [7, 11) is 1.64. The lowest BCUT2D eigenvalue weighted by Crippen LogP contribution is -2.60. The van der Waals surface area contributed by atoms with Crippen LogP contribution in [0.1, 0.15) is 59.3 Å². The van der Waals surface area contributed by atoms with Crippen molar-refractivity contribution in [2.75, 3.05) is 24.8 Å². The summed E-state index contributed by atoms with van der Waals surface area (Å²) in [5.41, 5.74) is 1.11. The Bertz CT molecular complexity index is 1200. The molecule has 1 unspecified atom stereocenters. The Hall–Kier alpha value is -2.93. The van der Waals surface area contributed by atoms with Gasteiger partial charge < -0.3 is 30.0 Å². The fourth-order valence-electron chi connectivity index (χ4n) is 5.92. The van der Waals surface area contributed by atoms with E-state index in [0.717, 1.165) is 17.7 Å². The summed E-state index contributed by atoms with van der Waals surface area (Å²) in [6.07, 6.45) is 4.51. The van der Waals surface area contributed by atoms with Gasteiger partial charge in [0.2, 0.25) is 11.8 Å². The van der Waals surface area contributed by atoms with Crippen LogP contribution < -0.4 is 16.0 Å². The number of aliphatic carboxylic acids is 1. The lowest BCUT2D eigenvalue weighted by Gasteiger charge is -2.43. The summed E-state index contributed by atoms with van der Waals surface area (Å²) in [5, 5.41) is 16.8. The van der Waals surface area contributed by atoms with Crippen LogP contribution in [-0.2, 0) is 28.6 Å². The molecule has 1 aromatic rings. The molecule has 0 aromatic heterocycles. The van der Waals surface area contributed by atoms with Gasteiger partial charge in [0.15, 0.2) is 0 Å². The second-order valence-corrected chi connectivity index (χ2v) is 12.7. The van der Waals surface area contributed by atoms with Crippen molar-refractivity contribution < 1.29 is 38.5 Å². The van der Waals surface area contributed by atoms with Gasteiger partial charge in [0.05, 0.1) is 36.2 Å². The molecule has 1 saturated carbocycles. The number of allylic oxidation sites excluding steroid dienone is 1. The number of epoxide rings is 2. The Morgan fingerprint density at radius 2 is 1.86 bits per heavy atom. The maximum atomic E-state index is 12.8. The fourth-order valence-corrected chi connectivity index (χ4v) is 6.61. The van der Waals surface area contributed by atoms with Gasteiger partial charge in [0, 0.05) is 36.5 Å². The number of carboxylic acid groups (broad SMARTS) is 1. The van der Waals surface area contributed by atoms with Gasteiger partial charge in [-0.2, -0.15) is 0 Å². The Morgan fingerprint density at radius 1 is 1.14 bits per heavy atom. The number of hydrogen-bond donors (Lipinski definition) is 4. The van der Waals surface area contributed by atoms with E-state index in [9.17, 15) is 19.2 Å². The third kappa shape index (κ3) is 8.12. The zero-order valence-electron chi connectivity index (χ0n) is 24.6. The number of amides is 4. The highest BCUT2D eigenvalue weighted by Crippen LogP contribution is 2.59. The highest BCUT2D eigenvalue weighted by Gasteiger charge is 2.71. The van der Waals surface area contributed by atoms with Gasteiger partial charge in [-0.25, -0.2) is 4.79 Å². The number of anilines is 1. The lowest BCUT2D eigenvalue weighted by molar-refractivity contribution is -0.137. The lowest BCUT2D eigenvalue weighted by atomic mass is 9.67. The molecular weight excluding hydrogens is 562 g/mol. The molecule has 1 aliphatic carbocycles. The van der Waals surface area contributed by atoms with E-state index >= 15 is 0 Å². The number of thioether (sulfide) groups is 1. The normalized spacial score (nSPS) is 29.3. The molecule has 11 nitrogen and oxygen atoms in total. The van der Waals surface area contributed by atoms with Crippen LogP contribution in [0.15, 0.2) is 40.8 Å².